The number of ether oxygens (including phenoxy) is 1. The van der Waals surface area contributed by atoms with Crippen LogP contribution in [0.5, 0.6) is 5.75 Å². The van der Waals surface area contributed by atoms with E-state index in [4.69, 9.17) is 4.74 Å². The van der Waals surface area contributed by atoms with Gasteiger partial charge in [-0.1, -0.05) is 12.1 Å². The van der Waals surface area contributed by atoms with Crippen LogP contribution in [0.1, 0.15) is 23.4 Å². The Morgan fingerprint density at radius 1 is 1.35 bits per heavy atom. The summed E-state index contributed by atoms with van der Waals surface area (Å²) in [6.07, 6.45) is 1.92. The van der Waals surface area contributed by atoms with E-state index in [2.05, 4.69) is 22.0 Å². The Morgan fingerprint density at radius 3 is 2.74 bits per heavy atom. The Balaban J connectivity index is 1.82. The van der Waals surface area contributed by atoms with Crippen LogP contribution in [0.4, 0.5) is 0 Å². The second kappa shape index (κ2) is 7.10. The zero-order valence-electron chi connectivity index (χ0n) is 13.4. The molecule has 3 rings (SSSR count). The normalized spacial score (nSPS) is 18.9. The molecule has 1 saturated heterocycles. The fourth-order valence-electron chi connectivity index (χ4n) is 2.96. The molecule has 1 aliphatic rings. The topological polar surface area (TPSA) is 45.7 Å². The minimum atomic E-state index is 0.140. The first-order valence-electron chi connectivity index (χ1n) is 7.68. The van der Waals surface area contributed by atoms with Gasteiger partial charge < -0.3 is 9.64 Å². The summed E-state index contributed by atoms with van der Waals surface area (Å²) in [5.74, 6) is 0.989. The lowest BCUT2D eigenvalue weighted by Gasteiger charge is -2.41. The van der Waals surface area contributed by atoms with Crippen LogP contribution in [0.3, 0.4) is 0 Å². The van der Waals surface area contributed by atoms with Crippen molar-refractivity contribution >= 4 is 17.2 Å². The first kappa shape index (κ1) is 16.0. The Morgan fingerprint density at radius 2 is 2.13 bits per heavy atom. The molecule has 122 valence electrons. The molecule has 0 radical (unpaired) electrons. The van der Waals surface area contributed by atoms with Gasteiger partial charge in [0.2, 0.25) is 5.91 Å². The van der Waals surface area contributed by atoms with Gasteiger partial charge in [0.15, 0.2) is 0 Å². The first-order valence-corrected chi connectivity index (χ1v) is 8.56. The average Bonchev–Trinajstić information content (AvgIpc) is 3.08. The van der Waals surface area contributed by atoms with Crippen LogP contribution in [0.15, 0.2) is 36.0 Å². The van der Waals surface area contributed by atoms with Crippen molar-refractivity contribution < 1.29 is 9.53 Å². The summed E-state index contributed by atoms with van der Waals surface area (Å²) in [6.45, 7) is 4.88. The predicted octanol–water partition coefficient (Wildman–Crippen LogP) is 2.56. The molecular formula is C17H21N3O2S. The van der Waals surface area contributed by atoms with E-state index in [1.165, 1.54) is 10.4 Å². The molecule has 1 aromatic carbocycles. The van der Waals surface area contributed by atoms with Gasteiger partial charge >= 0.3 is 0 Å². The standard InChI is InChI=1S/C17H21N3O2S/c1-13(21)19-7-8-20(10-16-9-18-12-23-16)17(11-19)14-3-5-15(22-2)6-4-14/h3-6,9,12,17H,7-8,10-11H2,1-2H3/t17-/m0/s1. The van der Waals surface area contributed by atoms with Crippen molar-refractivity contribution in [3.8, 4) is 5.75 Å². The maximum Gasteiger partial charge on any atom is 0.219 e. The first-order chi connectivity index (χ1) is 11.2. The number of piperazine rings is 1. The van der Waals surface area contributed by atoms with Crippen LogP contribution >= 0.6 is 11.3 Å². The quantitative estimate of drug-likeness (QED) is 0.864. The molecule has 2 aromatic rings. The molecule has 0 bridgehead atoms. The predicted molar refractivity (Wildman–Crippen MR) is 90.5 cm³/mol. The highest BCUT2D eigenvalue weighted by Crippen LogP contribution is 2.29. The van der Waals surface area contributed by atoms with Crippen LogP contribution in [0.2, 0.25) is 0 Å². The number of rotatable bonds is 4. The summed E-state index contributed by atoms with van der Waals surface area (Å²) in [4.78, 5) is 21.5. The number of hydrogen-bond acceptors (Lipinski definition) is 5. The van der Waals surface area contributed by atoms with Crippen molar-refractivity contribution in [2.24, 2.45) is 0 Å². The van der Waals surface area contributed by atoms with Gasteiger partial charge in [0.05, 0.1) is 18.7 Å². The number of thiazole rings is 1. The zero-order valence-corrected chi connectivity index (χ0v) is 14.3. The number of hydrogen-bond donors (Lipinski definition) is 0. The smallest absolute Gasteiger partial charge is 0.219 e. The largest absolute Gasteiger partial charge is 0.497 e. The Labute approximate surface area is 140 Å². The van der Waals surface area contributed by atoms with Crippen molar-refractivity contribution in [2.75, 3.05) is 26.7 Å². The summed E-state index contributed by atoms with van der Waals surface area (Å²) >= 11 is 1.67. The van der Waals surface area contributed by atoms with E-state index >= 15 is 0 Å². The number of aromatic nitrogens is 1. The van der Waals surface area contributed by atoms with Gasteiger partial charge in [-0.05, 0) is 17.7 Å². The third-order valence-corrected chi connectivity index (χ3v) is 5.04. The van der Waals surface area contributed by atoms with Gasteiger partial charge in [-0.25, -0.2) is 0 Å². The fourth-order valence-corrected chi connectivity index (χ4v) is 3.58. The lowest BCUT2D eigenvalue weighted by atomic mass is 10.0. The minimum absolute atomic E-state index is 0.140. The highest BCUT2D eigenvalue weighted by molar-refractivity contribution is 7.09. The van der Waals surface area contributed by atoms with Gasteiger partial charge in [0, 0.05) is 44.2 Å². The molecule has 5 nitrogen and oxygen atoms in total. The Hall–Kier alpha value is -1.92. The molecule has 1 fully saturated rings. The second-order valence-corrected chi connectivity index (χ2v) is 6.66. The fraction of sp³-hybridized carbons (Fsp3) is 0.412. The summed E-state index contributed by atoms with van der Waals surface area (Å²) in [7, 11) is 1.67. The number of carbonyl (C=O) groups is 1. The molecule has 1 atom stereocenters. The number of benzene rings is 1. The van der Waals surface area contributed by atoms with E-state index < -0.39 is 0 Å². The van der Waals surface area contributed by atoms with E-state index in [0.29, 0.717) is 0 Å². The molecule has 1 amide bonds. The van der Waals surface area contributed by atoms with E-state index in [1.54, 1.807) is 25.4 Å². The van der Waals surface area contributed by atoms with Crippen molar-refractivity contribution in [3.05, 3.63) is 46.4 Å². The van der Waals surface area contributed by atoms with Gasteiger partial charge in [0.25, 0.3) is 0 Å². The average molecular weight is 331 g/mol. The molecule has 6 heteroatoms. The van der Waals surface area contributed by atoms with E-state index in [0.717, 1.165) is 31.9 Å². The molecule has 23 heavy (non-hydrogen) atoms. The van der Waals surface area contributed by atoms with Crippen molar-refractivity contribution in [1.29, 1.82) is 0 Å². The maximum absolute atomic E-state index is 11.8. The summed E-state index contributed by atoms with van der Waals surface area (Å²) in [6, 6.07) is 8.33. The Bertz CT molecular complexity index is 642. The monoisotopic (exact) mass is 331 g/mol. The van der Waals surface area contributed by atoms with Crippen molar-refractivity contribution in [3.63, 3.8) is 0 Å². The number of methoxy groups -OCH3 is 1. The maximum atomic E-state index is 11.8. The highest BCUT2D eigenvalue weighted by Gasteiger charge is 2.29. The third kappa shape index (κ3) is 3.71. The molecule has 0 unspecified atom stereocenters. The highest BCUT2D eigenvalue weighted by atomic mass is 32.1. The SMILES string of the molecule is COc1ccc([C@@H]2CN(C(C)=O)CCN2Cc2cncs2)cc1. The summed E-state index contributed by atoms with van der Waals surface area (Å²) in [5, 5.41) is 0. The summed E-state index contributed by atoms with van der Waals surface area (Å²) in [5.41, 5.74) is 3.07. The number of amides is 1. The van der Waals surface area contributed by atoms with Gasteiger partial charge in [-0.2, -0.15) is 0 Å². The van der Waals surface area contributed by atoms with E-state index in [9.17, 15) is 4.79 Å². The molecule has 1 aliphatic heterocycles. The summed E-state index contributed by atoms with van der Waals surface area (Å²) < 4.78 is 5.24. The van der Waals surface area contributed by atoms with Gasteiger partial charge in [-0.15, -0.1) is 11.3 Å². The van der Waals surface area contributed by atoms with Crippen molar-refractivity contribution in [1.82, 2.24) is 14.8 Å². The molecule has 0 aliphatic carbocycles. The zero-order chi connectivity index (χ0) is 16.2. The van der Waals surface area contributed by atoms with E-state index in [1.807, 2.05) is 28.7 Å². The molecular weight excluding hydrogens is 310 g/mol. The van der Waals surface area contributed by atoms with Crippen molar-refractivity contribution in [2.45, 2.75) is 19.5 Å². The minimum Gasteiger partial charge on any atom is -0.497 e. The lowest BCUT2D eigenvalue weighted by molar-refractivity contribution is -0.132. The Kier molecular flexibility index (Phi) is 4.93. The molecule has 0 spiro atoms. The van der Waals surface area contributed by atoms with Crippen LogP contribution in [-0.4, -0.2) is 47.4 Å². The van der Waals surface area contributed by atoms with Crippen LogP contribution in [0, 0.1) is 0 Å². The van der Waals surface area contributed by atoms with Crippen LogP contribution in [0.25, 0.3) is 0 Å². The molecule has 1 aromatic heterocycles. The van der Waals surface area contributed by atoms with Crippen LogP contribution in [-0.2, 0) is 11.3 Å². The number of carbonyl (C=O) groups excluding carboxylic acids is 1. The van der Waals surface area contributed by atoms with Gasteiger partial charge in [-0.3, -0.25) is 14.7 Å². The molecule has 2 heterocycles. The molecule has 0 saturated carbocycles. The lowest BCUT2D eigenvalue weighted by Crippen LogP contribution is -2.49. The molecule has 0 N–H and O–H groups in total. The van der Waals surface area contributed by atoms with Gasteiger partial charge in [0.1, 0.15) is 5.75 Å². The van der Waals surface area contributed by atoms with Crippen LogP contribution < -0.4 is 4.74 Å². The number of nitrogens with zero attached hydrogens (tertiary/aromatic N) is 3. The third-order valence-electron chi connectivity index (χ3n) is 4.28. The van der Waals surface area contributed by atoms with E-state index in [-0.39, 0.29) is 11.9 Å². The second-order valence-electron chi connectivity index (χ2n) is 5.69.